The first-order valence-electron chi connectivity index (χ1n) is 5.49. The van der Waals surface area contributed by atoms with Gasteiger partial charge in [0.25, 0.3) is 5.69 Å². The fourth-order valence-electron chi connectivity index (χ4n) is 1.59. The van der Waals surface area contributed by atoms with Crippen molar-refractivity contribution in [3.63, 3.8) is 0 Å². The third kappa shape index (κ3) is 2.84. The Balaban J connectivity index is 2.14. The molecule has 0 spiro atoms. The Morgan fingerprint density at radius 1 is 1.50 bits per heavy atom. The van der Waals surface area contributed by atoms with E-state index in [9.17, 15) is 10.1 Å². The van der Waals surface area contributed by atoms with E-state index in [1.807, 2.05) is 26.1 Å². The van der Waals surface area contributed by atoms with Crippen LogP contribution in [0, 0.1) is 17.0 Å². The number of hydrogen-bond acceptors (Lipinski definition) is 5. The van der Waals surface area contributed by atoms with Crippen molar-refractivity contribution in [1.82, 2.24) is 4.98 Å². The summed E-state index contributed by atoms with van der Waals surface area (Å²) < 4.78 is 0. The van der Waals surface area contributed by atoms with Crippen LogP contribution in [0.5, 0.6) is 0 Å². The van der Waals surface area contributed by atoms with Crippen molar-refractivity contribution in [3.05, 3.63) is 50.5 Å². The molecule has 18 heavy (non-hydrogen) atoms. The molecule has 6 heteroatoms. The molecule has 0 aliphatic rings. The summed E-state index contributed by atoms with van der Waals surface area (Å²) in [6.07, 6.45) is 1.83. The second-order valence-electron chi connectivity index (χ2n) is 3.98. The number of nitro groups is 1. The van der Waals surface area contributed by atoms with Crippen LogP contribution >= 0.6 is 11.3 Å². The summed E-state index contributed by atoms with van der Waals surface area (Å²) in [7, 11) is 0. The number of non-ortho nitro benzene ring substituents is 1. The zero-order chi connectivity index (χ0) is 13.1. The number of thiazole rings is 1. The smallest absolute Gasteiger partial charge is 0.271 e. The van der Waals surface area contributed by atoms with Gasteiger partial charge in [-0.1, -0.05) is 6.07 Å². The fraction of sp³-hybridized carbons (Fsp3) is 0.250. The molecule has 94 valence electrons. The Morgan fingerprint density at radius 3 is 2.89 bits per heavy atom. The topological polar surface area (TPSA) is 68.1 Å². The molecule has 1 atom stereocenters. The van der Waals surface area contributed by atoms with Gasteiger partial charge in [-0.3, -0.25) is 10.1 Å². The second kappa shape index (κ2) is 5.14. The maximum atomic E-state index is 10.7. The van der Waals surface area contributed by atoms with Crippen LogP contribution in [-0.4, -0.2) is 9.91 Å². The molecule has 1 aromatic carbocycles. The molecule has 1 heterocycles. The molecule has 0 aliphatic carbocycles. The first-order chi connectivity index (χ1) is 8.56. The standard InChI is InChI=1S/C12H13N3O2S/c1-8-7-13-12(18-8)9(2)14-10-4-3-5-11(6-10)15(16)17/h3-7,9,14H,1-2H3. The molecule has 0 saturated heterocycles. The second-order valence-corrected chi connectivity index (χ2v) is 5.25. The first-order valence-corrected chi connectivity index (χ1v) is 6.31. The molecule has 0 fully saturated rings. The van der Waals surface area contributed by atoms with Crippen LogP contribution in [0.4, 0.5) is 11.4 Å². The number of nitrogens with one attached hydrogen (secondary N) is 1. The quantitative estimate of drug-likeness (QED) is 0.676. The Kier molecular flexibility index (Phi) is 3.57. The van der Waals surface area contributed by atoms with Gasteiger partial charge in [0, 0.05) is 28.9 Å². The molecular formula is C12H13N3O2S. The Morgan fingerprint density at radius 2 is 2.28 bits per heavy atom. The van der Waals surface area contributed by atoms with E-state index in [0.29, 0.717) is 0 Å². The van der Waals surface area contributed by atoms with Crippen molar-refractivity contribution in [2.24, 2.45) is 0 Å². The lowest BCUT2D eigenvalue weighted by Crippen LogP contribution is -2.06. The van der Waals surface area contributed by atoms with Crippen molar-refractivity contribution < 1.29 is 4.92 Å². The van der Waals surface area contributed by atoms with Crippen LogP contribution in [0.2, 0.25) is 0 Å². The molecule has 2 aromatic rings. The van der Waals surface area contributed by atoms with Crippen LogP contribution in [-0.2, 0) is 0 Å². The fourth-order valence-corrected chi connectivity index (χ4v) is 2.37. The Labute approximate surface area is 109 Å². The molecule has 0 saturated carbocycles. The number of aromatic nitrogens is 1. The number of nitro benzene ring substituents is 1. The van der Waals surface area contributed by atoms with Gasteiger partial charge in [-0.05, 0) is 19.9 Å². The molecule has 1 unspecified atom stereocenters. The minimum absolute atomic E-state index is 0.0331. The van der Waals surface area contributed by atoms with E-state index in [4.69, 9.17) is 0 Å². The van der Waals surface area contributed by atoms with Crippen LogP contribution < -0.4 is 5.32 Å². The Hall–Kier alpha value is -1.95. The molecule has 2 rings (SSSR count). The van der Waals surface area contributed by atoms with Crippen molar-refractivity contribution in [1.29, 1.82) is 0 Å². The minimum Gasteiger partial charge on any atom is -0.376 e. The third-order valence-corrected chi connectivity index (χ3v) is 3.55. The highest BCUT2D eigenvalue weighted by Crippen LogP contribution is 2.25. The highest BCUT2D eigenvalue weighted by molar-refractivity contribution is 7.11. The summed E-state index contributed by atoms with van der Waals surface area (Å²) in [5.74, 6) is 0. The molecule has 5 nitrogen and oxygen atoms in total. The molecule has 0 aliphatic heterocycles. The van der Waals surface area contributed by atoms with Gasteiger partial charge in [0.2, 0.25) is 0 Å². The van der Waals surface area contributed by atoms with Crippen LogP contribution in [0.25, 0.3) is 0 Å². The lowest BCUT2D eigenvalue weighted by atomic mass is 10.2. The van der Waals surface area contributed by atoms with E-state index >= 15 is 0 Å². The van der Waals surface area contributed by atoms with Gasteiger partial charge in [0.15, 0.2) is 0 Å². The van der Waals surface area contributed by atoms with Crippen LogP contribution in [0.1, 0.15) is 22.9 Å². The van der Waals surface area contributed by atoms with Gasteiger partial charge in [0.1, 0.15) is 5.01 Å². The maximum absolute atomic E-state index is 10.7. The molecule has 0 amide bonds. The molecule has 0 bridgehead atoms. The predicted octanol–water partition coefficient (Wildman–Crippen LogP) is 3.53. The number of rotatable bonds is 4. The lowest BCUT2D eigenvalue weighted by Gasteiger charge is -2.12. The largest absolute Gasteiger partial charge is 0.376 e. The molecule has 1 N–H and O–H groups in total. The number of anilines is 1. The number of aryl methyl sites for hydroxylation is 1. The van der Waals surface area contributed by atoms with Gasteiger partial charge >= 0.3 is 0 Å². The van der Waals surface area contributed by atoms with Crippen LogP contribution in [0.15, 0.2) is 30.5 Å². The minimum atomic E-state index is -0.399. The average molecular weight is 263 g/mol. The highest BCUT2D eigenvalue weighted by Gasteiger charge is 2.11. The SMILES string of the molecule is Cc1cnc(C(C)Nc2cccc([N+](=O)[O-])c2)s1. The van der Waals surface area contributed by atoms with E-state index in [-0.39, 0.29) is 11.7 Å². The third-order valence-electron chi connectivity index (χ3n) is 2.45. The van der Waals surface area contributed by atoms with E-state index < -0.39 is 4.92 Å². The van der Waals surface area contributed by atoms with Crippen LogP contribution in [0.3, 0.4) is 0 Å². The van der Waals surface area contributed by atoms with Gasteiger partial charge in [0.05, 0.1) is 11.0 Å². The van der Waals surface area contributed by atoms with Crippen molar-refractivity contribution >= 4 is 22.7 Å². The first kappa shape index (κ1) is 12.5. The normalized spacial score (nSPS) is 12.1. The average Bonchev–Trinajstić information content (AvgIpc) is 2.76. The zero-order valence-electron chi connectivity index (χ0n) is 10.1. The van der Waals surface area contributed by atoms with Crippen molar-refractivity contribution in [2.75, 3.05) is 5.32 Å². The van der Waals surface area contributed by atoms with Gasteiger partial charge in [-0.2, -0.15) is 0 Å². The number of benzene rings is 1. The monoisotopic (exact) mass is 263 g/mol. The Bertz CT molecular complexity index is 568. The number of hydrogen-bond donors (Lipinski definition) is 1. The van der Waals surface area contributed by atoms with Gasteiger partial charge in [-0.15, -0.1) is 11.3 Å². The summed E-state index contributed by atoms with van der Waals surface area (Å²) in [6, 6.07) is 6.51. The van der Waals surface area contributed by atoms with E-state index in [2.05, 4.69) is 10.3 Å². The highest BCUT2D eigenvalue weighted by atomic mass is 32.1. The molecule has 1 aromatic heterocycles. The summed E-state index contributed by atoms with van der Waals surface area (Å²) in [5.41, 5.74) is 0.812. The predicted molar refractivity (Wildman–Crippen MR) is 72.0 cm³/mol. The van der Waals surface area contributed by atoms with Crippen molar-refractivity contribution in [2.45, 2.75) is 19.9 Å². The number of nitrogens with zero attached hydrogens (tertiary/aromatic N) is 2. The summed E-state index contributed by atoms with van der Waals surface area (Å²) in [5, 5.41) is 14.9. The summed E-state index contributed by atoms with van der Waals surface area (Å²) in [6.45, 7) is 3.98. The van der Waals surface area contributed by atoms with Gasteiger partial charge in [-0.25, -0.2) is 4.98 Å². The maximum Gasteiger partial charge on any atom is 0.271 e. The summed E-state index contributed by atoms with van der Waals surface area (Å²) in [4.78, 5) is 15.7. The van der Waals surface area contributed by atoms with Crippen molar-refractivity contribution in [3.8, 4) is 0 Å². The zero-order valence-corrected chi connectivity index (χ0v) is 10.9. The lowest BCUT2D eigenvalue weighted by molar-refractivity contribution is -0.384. The van der Waals surface area contributed by atoms with E-state index in [0.717, 1.165) is 15.6 Å². The molecule has 0 radical (unpaired) electrons. The summed E-state index contributed by atoms with van der Waals surface area (Å²) >= 11 is 1.62. The van der Waals surface area contributed by atoms with Gasteiger partial charge < -0.3 is 5.32 Å². The van der Waals surface area contributed by atoms with E-state index in [1.54, 1.807) is 17.4 Å². The molecular weight excluding hydrogens is 250 g/mol. The van der Waals surface area contributed by atoms with E-state index in [1.165, 1.54) is 12.1 Å².